The fourth-order valence-electron chi connectivity index (χ4n) is 1.02. The summed E-state index contributed by atoms with van der Waals surface area (Å²) in [6, 6.07) is 5.04. The number of anilines is 1. The molecular weight excluding hydrogens is 319 g/mol. The topological polar surface area (TPSA) is 29.1 Å². The van der Waals surface area contributed by atoms with Crippen molar-refractivity contribution in [2.75, 3.05) is 11.1 Å². The molecule has 0 atom stereocenters. The quantitative estimate of drug-likeness (QED) is 0.910. The molecule has 0 spiro atoms. The first-order valence-corrected chi connectivity index (χ1v) is 6.32. The van der Waals surface area contributed by atoms with Gasteiger partial charge < -0.3 is 5.32 Å². The zero-order valence-corrected chi connectivity index (χ0v) is 11.2. The van der Waals surface area contributed by atoms with Crippen LogP contribution < -0.4 is 5.32 Å². The number of nitrogens with one attached hydrogen (secondary N) is 1. The van der Waals surface area contributed by atoms with Crippen molar-refractivity contribution in [2.45, 2.75) is 12.4 Å². The van der Waals surface area contributed by atoms with Crippen LogP contribution in [0.1, 0.15) is 5.56 Å². The molecule has 1 aromatic carbocycles. The molecule has 1 amide bonds. The Morgan fingerprint density at radius 3 is 2.65 bits per heavy atom. The summed E-state index contributed by atoms with van der Waals surface area (Å²) in [5.41, 5.74) is -2.94. The van der Waals surface area contributed by atoms with Crippen LogP contribution >= 0.6 is 27.7 Å². The van der Waals surface area contributed by atoms with E-state index in [-0.39, 0.29) is 11.8 Å². The summed E-state index contributed by atoms with van der Waals surface area (Å²) in [5, 5.41) is 2.39. The van der Waals surface area contributed by atoms with E-state index in [9.17, 15) is 18.0 Å². The van der Waals surface area contributed by atoms with Gasteiger partial charge in [-0.05, 0) is 36.4 Å². The van der Waals surface area contributed by atoms with Crippen LogP contribution in [0.5, 0.6) is 0 Å². The molecule has 0 saturated heterocycles. The molecule has 1 rings (SSSR count). The lowest BCUT2D eigenvalue weighted by atomic mass is 10.2. The molecule has 94 valence electrons. The first kappa shape index (κ1) is 14.4. The van der Waals surface area contributed by atoms with Crippen LogP contribution in [0.3, 0.4) is 0 Å². The summed E-state index contributed by atoms with van der Waals surface area (Å²) in [5.74, 6) is -1.32. The Hall–Kier alpha value is -0.690. The zero-order valence-electron chi connectivity index (χ0n) is 8.77. The second-order valence-electron chi connectivity index (χ2n) is 3.25. The van der Waals surface area contributed by atoms with Gasteiger partial charge in [-0.3, -0.25) is 4.79 Å². The number of carbonyl (C=O) groups is 1. The molecule has 0 saturated carbocycles. The minimum Gasteiger partial charge on any atom is -0.325 e. The molecule has 17 heavy (non-hydrogen) atoms. The highest BCUT2D eigenvalue weighted by atomic mass is 79.9. The number of thioether (sulfide) groups is 1. The maximum absolute atomic E-state index is 11.8. The third-order valence-corrected chi connectivity index (χ3v) is 3.41. The molecule has 0 aliphatic carbocycles. The van der Waals surface area contributed by atoms with E-state index in [0.717, 1.165) is 10.0 Å². The van der Waals surface area contributed by atoms with Crippen LogP contribution in [-0.2, 0) is 4.79 Å². The number of hydrogen-bond acceptors (Lipinski definition) is 2. The van der Waals surface area contributed by atoms with E-state index >= 15 is 0 Å². The monoisotopic (exact) mass is 327 g/mol. The number of halogens is 4. The Bertz CT molecular complexity index is 423. The summed E-state index contributed by atoms with van der Waals surface area (Å²) >= 11 is 2.91. The lowest BCUT2D eigenvalue weighted by Crippen LogP contribution is -2.17. The molecule has 0 aliphatic rings. The lowest BCUT2D eigenvalue weighted by molar-refractivity contribution is -0.114. The van der Waals surface area contributed by atoms with Gasteiger partial charge in [0.15, 0.2) is 0 Å². The predicted octanol–water partition coefficient (Wildman–Crippen LogP) is 3.95. The van der Waals surface area contributed by atoms with Gasteiger partial charge in [-0.15, -0.1) is 0 Å². The van der Waals surface area contributed by atoms with E-state index in [1.807, 2.05) is 6.92 Å². The molecule has 0 aromatic heterocycles. The van der Waals surface area contributed by atoms with Crippen molar-refractivity contribution in [3.8, 4) is 0 Å². The molecule has 0 aliphatic heterocycles. The number of carbonyl (C=O) groups excluding carboxylic acids is 1. The highest BCUT2D eigenvalue weighted by molar-refractivity contribution is 9.10. The van der Waals surface area contributed by atoms with Gasteiger partial charge in [0.2, 0.25) is 5.91 Å². The second-order valence-corrected chi connectivity index (χ2v) is 5.14. The number of benzene rings is 1. The van der Waals surface area contributed by atoms with Crippen molar-refractivity contribution in [1.82, 2.24) is 0 Å². The van der Waals surface area contributed by atoms with E-state index in [1.54, 1.807) is 18.2 Å². The smallest absolute Gasteiger partial charge is 0.325 e. The molecule has 0 heterocycles. The molecule has 0 unspecified atom stereocenters. The maximum Gasteiger partial charge on any atom is 0.442 e. The molecule has 0 radical (unpaired) electrons. The summed E-state index contributed by atoms with van der Waals surface area (Å²) in [7, 11) is 0. The molecule has 0 fully saturated rings. The van der Waals surface area contributed by atoms with Crippen molar-refractivity contribution in [2.24, 2.45) is 0 Å². The summed E-state index contributed by atoms with van der Waals surface area (Å²) in [6.07, 6.45) is 0. The van der Waals surface area contributed by atoms with Crippen LogP contribution in [0.25, 0.3) is 0 Å². The third kappa shape index (κ3) is 5.45. The highest BCUT2D eigenvalue weighted by Crippen LogP contribution is 2.30. The number of alkyl halides is 3. The first-order valence-electron chi connectivity index (χ1n) is 4.54. The number of amides is 1. The van der Waals surface area contributed by atoms with E-state index in [4.69, 9.17) is 0 Å². The maximum atomic E-state index is 11.8. The van der Waals surface area contributed by atoms with Crippen molar-refractivity contribution < 1.29 is 18.0 Å². The average molecular weight is 328 g/mol. The molecule has 1 N–H and O–H groups in total. The largest absolute Gasteiger partial charge is 0.442 e. The molecule has 7 heteroatoms. The lowest BCUT2D eigenvalue weighted by Gasteiger charge is -2.08. The normalized spacial score (nSPS) is 11.4. The van der Waals surface area contributed by atoms with Crippen LogP contribution in [-0.4, -0.2) is 17.2 Å². The highest BCUT2D eigenvalue weighted by Gasteiger charge is 2.29. The zero-order chi connectivity index (χ0) is 13.1. The van der Waals surface area contributed by atoms with Gasteiger partial charge >= 0.3 is 5.51 Å². The van der Waals surface area contributed by atoms with Crippen LogP contribution in [0.15, 0.2) is 22.7 Å². The molecule has 1 aromatic rings. The Kier molecular flexibility index (Phi) is 4.88. The van der Waals surface area contributed by atoms with Gasteiger partial charge in [0.1, 0.15) is 0 Å². The number of rotatable bonds is 3. The summed E-state index contributed by atoms with van der Waals surface area (Å²) in [4.78, 5) is 11.2. The average Bonchev–Trinajstić information content (AvgIpc) is 2.20. The Balaban J connectivity index is 2.54. The van der Waals surface area contributed by atoms with Gasteiger partial charge in [-0.2, -0.15) is 13.2 Å². The van der Waals surface area contributed by atoms with Crippen molar-refractivity contribution in [3.05, 3.63) is 28.2 Å². The van der Waals surface area contributed by atoms with E-state index < -0.39 is 17.2 Å². The number of hydrogen-bond donors (Lipinski definition) is 1. The summed E-state index contributed by atoms with van der Waals surface area (Å²) in [6.45, 7) is 1.87. The van der Waals surface area contributed by atoms with Gasteiger partial charge in [0.25, 0.3) is 0 Å². The molecular formula is C10H9BrF3NOS. The fraction of sp³-hybridized carbons (Fsp3) is 0.300. The minimum atomic E-state index is -4.38. The van der Waals surface area contributed by atoms with Crippen molar-refractivity contribution >= 4 is 39.3 Å². The van der Waals surface area contributed by atoms with E-state index in [0.29, 0.717) is 5.69 Å². The fourth-order valence-corrected chi connectivity index (χ4v) is 1.76. The van der Waals surface area contributed by atoms with Crippen molar-refractivity contribution in [3.63, 3.8) is 0 Å². The Morgan fingerprint density at radius 1 is 1.47 bits per heavy atom. The number of aryl methyl sites for hydroxylation is 1. The molecule has 2 nitrogen and oxygen atoms in total. The van der Waals surface area contributed by atoms with Gasteiger partial charge in [-0.25, -0.2) is 0 Å². The minimum absolute atomic E-state index is 0.355. The van der Waals surface area contributed by atoms with Crippen LogP contribution in [0.2, 0.25) is 0 Å². The van der Waals surface area contributed by atoms with Gasteiger partial charge in [-0.1, -0.05) is 22.0 Å². The van der Waals surface area contributed by atoms with Crippen LogP contribution in [0, 0.1) is 6.92 Å². The predicted molar refractivity (Wildman–Crippen MR) is 66.0 cm³/mol. The van der Waals surface area contributed by atoms with E-state index in [1.165, 1.54) is 0 Å². The second kappa shape index (κ2) is 5.77. The van der Waals surface area contributed by atoms with Gasteiger partial charge in [0.05, 0.1) is 5.75 Å². The SMILES string of the molecule is Cc1ccc(NC(=O)CSC(F)(F)F)cc1Br. The first-order chi connectivity index (χ1) is 7.78. The Morgan fingerprint density at radius 2 is 2.12 bits per heavy atom. The van der Waals surface area contributed by atoms with Crippen molar-refractivity contribution in [1.29, 1.82) is 0 Å². The summed E-state index contributed by atoms with van der Waals surface area (Å²) < 4.78 is 36.3. The van der Waals surface area contributed by atoms with Gasteiger partial charge in [0, 0.05) is 10.2 Å². The van der Waals surface area contributed by atoms with E-state index in [2.05, 4.69) is 21.2 Å². The Labute approximate surface area is 109 Å². The standard InChI is InChI=1S/C10H9BrF3NOS/c1-6-2-3-7(4-8(6)11)15-9(16)5-17-10(12,13)14/h2-4H,5H2,1H3,(H,15,16). The van der Waals surface area contributed by atoms with Crippen LogP contribution in [0.4, 0.5) is 18.9 Å². The molecule has 0 bridgehead atoms. The third-order valence-electron chi connectivity index (χ3n) is 1.82.